The first-order valence-electron chi connectivity index (χ1n) is 8.44. The van der Waals surface area contributed by atoms with E-state index < -0.39 is 5.60 Å². The Morgan fingerprint density at radius 1 is 1.00 bits per heavy atom. The predicted octanol–water partition coefficient (Wildman–Crippen LogP) is 4.78. The second kappa shape index (κ2) is 12.9. The molecule has 0 aliphatic carbocycles. The zero-order chi connectivity index (χ0) is 16.0. The molecule has 3 nitrogen and oxygen atoms in total. The molecule has 0 rings (SSSR count). The summed E-state index contributed by atoms with van der Waals surface area (Å²) in [6, 6.07) is 0. The minimum Gasteiger partial charge on any atom is -0.469 e. The summed E-state index contributed by atoms with van der Waals surface area (Å²) in [6.07, 6.45) is 15.0. The molecule has 1 unspecified atom stereocenters. The summed E-state index contributed by atoms with van der Waals surface area (Å²) in [7, 11) is 1.45. The monoisotopic (exact) mass is 298 g/mol. The summed E-state index contributed by atoms with van der Waals surface area (Å²) in [5.41, 5.74) is -0.690. The molecule has 124 valence electrons. The summed E-state index contributed by atoms with van der Waals surface area (Å²) < 4.78 is 4.61. The van der Waals surface area contributed by atoms with Crippen molar-refractivity contribution in [2.24, 2.45) is 0 Å². The number of hydrogen-bond acceptors (Lipinski definition) is 3. The Hall–Kier alpha value is -0.830. The molecule has 1 atom stereocenters. The SMILES string of the molecule is C=CC(C)(O)CCCCCCCCCCCCC(=O)OC. The summed E-state index contributed by atoms with van der Waals surface area (Å²) >= 11 is 0. The second-order valence-electron chi connectivity index (χ2n) is 6.17. The second-order valence-corrected chi connectivity index (χ2v) is 6.17. The van der Waals surface area contributed by atoms with Gasteiger partial charge in [0.05, 0.1) is 12.7 Å². The van der Waals surface area contributed by atoms with E-state index in [4.69, 9.17) is 0 Å². The highest BCUT2D eigenvalue weighted by molar-refractivity contribution is 5.68. The summed E-state index contributed by atoms with van der Waals surface area (Å²) in [5.74, 6) is -0.0922. The minimum absolute atomic E-state index is 0.0922. The molecule has 3 heteroatoms. The Morgan fingerprint density at radius 2 is 1.43 bits per heavy atom. The zero-order valence-corrected chi connectivity index (χ0v) is 14.0. The van der Waals surface area contributed by atoms with Gasteiger partial charge < -0.3 is 9.84 Å². The van der Waals surface area contributed by atoms with E-state index in [0.29, 0.717) is 6.42 Å². The number of aliphatic hydroxyl groups is 1. The first-order valence-corrected chi connectivity index (χ1v) is 8.44. The number of ether oxygens (including phenoxy) is 1. The van der Waals surface area contributed by atoms with Crippen molar-refractivity contribution in [1.29, 1.82) is 0 Å². The van der Waals surface area contributed by atoms with Crippen LogP contribution in [0.1, 0.15) is 84.0 Å². The molecule has 0 bridgehead atoms. The molecule has 0 amide bonds. The lowest BCUT2D eigenvalue weighted by Gasteiger charge is -2.17. The molecular weight excluding hydrogens is 264 g/mol. The highest BCUT2D eigenvalue weighted by atomic mass is 16.5. The normalized spacial score (nSPS) is 13.7. The highest BCUT2D eigenvalue weighted by Gasteiger charge is 2.13. The van der Waals surface area contributed by atoms with Crippen molar-refractivity contribution in [2.75, 3.05) is 7.11 Å². The summed E-state index contributed by atoms with van der Waals surface area (Å²) in [6.45, 7) is 5.46. The van der Waals surface area contributed by atoms with Crippen LogP contribution in [0, 0.1) is 0 Å². The number of carbonyl (C=O) groups excluding carboxylic acids is 1. The van der Waals surface area contributed by atoms with Gasteiger partial charge in [0.1, 0.15) is 0 Å². The van der Waals surface area contributed by atoms with Crippen LogP contribution in [0.5, 0.6) is 0 Å². The van der Waals surface area contributed by atoms with Crippen LogP contribution in [0.4, 0.5) is 0 Å². The molecule has 21 heavy (non-hydrogen) atoms. The minimum atomic E-state index is -0.690. The van der Waals surface area contributed by atoms with E-state index >= 15 is 0 Å². The van der Waals surface area contributed by atoms with E-state index in [2.05, 4.69) is 11.3 Å². The lowest BCUT2D eigenvalue weighted by atomic mass is 9.97. The standard InChI is InChI=1S/C18H34O3/c1-4-18(2,20)16-14-12-10-8-6-5-7-9-11-13-15-17(19)21-3/h4,20H,1,5-16H2,2-3H3. The third-order valence-corrected chi connectivity index (χ3v) is 3.98. The first kappa shape index (κ1) is 20.2. The van der Waals surface area contributed by atoms with Crippen molar-refractivity contribution in [3.05, 3.63) is 12.7 Å². The van der Waals surface area contributed by atoms with Gasteiger partial charge in [0.25, 0.3) is 0 Å². The Balaban J connectivity index is 3.16. The predicted molar refractivity (Wildman–Crippen MR) is 88.2 cm³/mol. The van der Waals surface area contributed by atoms with Crippen molar-refractivity contribution in [3.63, 3.8) is 0 Å². The topological polar surface area (TPSA) is 46.5 Å². The molecule has 0 saturated carbocycles. The van der Waals surface area contributed by atoms with E-state index in [1.807, 2.05) is 6.92 Å². The van der Waals surface area contributed by atoms with Crippen LogP contribution in [0.3, 0.4) is 0 Å². The third kappa shape index (κ3) is 13.9. The first-order chi connectivity index (χ1) is 10.0. The van der Waals surface area contributed by atoms with Gasteiger partial charge in [-0.1, -0.05) is 63.9 Å². The Morgan fingerprint density at radius 3 is 1.86 bits per heavy atom. The fourth-order valence-electron chi connectivity index (χ4n) is 2.37. The molecule has 0 fully saturated rings. The maximum Gasteiger partial charge on any atom is 0.305 e. The van der Waals surface area contributed by atoms with Crippen LogP contribution < -0.4 is 0 Å². The van der Waals surface area contributed by atoms with E-state index in [9.17, 15) is 9.90 Å². The number of rotatable bonds is 14. The van der Waals surface area contributed by atoms with Crippen molar-refractivity contribution in [2.45, 2.75) is 89.6 Å². The number of esters is 1. The average Bonchev–Trinajstić information content (AvgIpc) is 2.48. The van der Waals surface area contributed by atoms with E-state index in [-0.39, 0.29) is 5.97 Å². The van der Waals surface area contributed by atoms with Crippen LogP contribution in [-0.4, -0.2) is 23.8 Å². The molecule has 0 radical (unpaired) electrons. The molecule has 0 aliphatic heterocycles. The summed E-state index contributed by atoms with van der Waals surface area (Å²) in [5, 5.41) is 9.77. The van der Waals surface area contributed by atoms with Gasteiger partial charge in [-0.25, -0.2) is 0 Å². The molecule has 1 N–H and O–H groups in total. The van der Waals surface area contributed by atoms with Crippen molar-refractivity contribution in [1.82, 2.24) is 0 Å². The van der Waals surface area contributed by atoms with E-state index in [1.165, 1.54) is 52.1 Å². The molecule has 0 aromatic heterocycles. The number of unbranched alkanes of at least 4 members (excludes halogenated alkanes) is 9. The Bertz CT molecular complexity index is 272. The van der Waals surface area contributed by atoms with Crippen molar-refractivity contribution in [3.8, 4) is 0 Å². The van der Waals surface area contributed by atoms with E-state index in [0.717, 1.165) is 25.7 Å². The van der Waals surface area contributed by atoms with Crippen molar-refractivity contribution < 1.29 is 14.6 Å². The van der Waals surface area contributed by atoms with Crippen LogP contribution >= 0.6 is 0 Å². The van der Waals surface area contributed by atoms with Crippen LogP contribution in [0.2, 0.25) is 0 Å². The molecular formula is C18H34O3. The lowest BCUT2D eigenvalue weighted by molar-refractivity contribution is -0.140. The van der Waals surface area contributed by atoms with E-state index in [1.54, 1.807) is 6.08 Å². The fourth-order valence-corrected chi connectivity index (χ4v) is 2.37. The number of hydrogen-bond donors (Lipinski definition) is 1. The molecule has 0 aromatic rings. The van der Waals surface area contributed by atoms with Gasteiger partial charge in [-0.2, -0.15) is 0 Å². The lowest BCUT2D eigenvalue weighted by Crippen LogP contribution is -2.19. The number of methoxy groups -OCH3 is 1. The molecule has 0 aliphatic rings. The van der Waals surface area contributed by atoms with Crippen LogP contribution in [0.25, 0.3) is 0 Å². The highest BCUT2D eigenvalue weighted by Crippen LogP contribution is 2.17. The van der Waals surface area contributed by atoms with Crippen molar-refractivity contribution >= 4 is 5.97 Å². The molecule has 0 saturated heterocycles. The average molecular weight is 298 g/mol. The Labute approximate surface area is 130 Å². The van der Waals surface area contributed by atoms with Crippen LogP contribution in [0.15, 0.2) is 12.7 Å². The molecule has 0 heterocycles. The van der Waals surface area contributed by atoms with Gasteiger partial charge >= 0.3 is 5.97 Å². The largest absolute Gasteiger partial charge is 0.469 e. The van der Waals surface area contributed by atoms with Gasteiger partial charge in [0, 0.05) is 6.42 Å². The fraction of sp³-hybridized carbons (Fsp3) is 0.833. The third-order valence-electron chi connectivity index (χ3n) is 3.98. The van der Waals surface area contributed by atoms with Crippen LogP contribution in [-0.2, 0) is 9.53 Å². The molecule has 0 spiro atoms. The molecule has 0 aromatic carbocycles. The maximum atomic E-state index is 10.9. The van der Waals surface area contributed by atoms with Gasteiger partial charge in [-0.15, -0.1) is 6.58 Å². The maximum absolute atomic E-state index is 10.9. The van der Waals surface area contributed by atoms with Gasteiger partial charge in [0.15, 0.2) is 0 Å². The summed E-state index contributed by atoms with van der Waals surface area (Å²) in [4.78, 5) is 10.9. The Kier molecular flexibility index (Phi) is 12.4. The zero-order valence-electron chi connectivity index (χ0n) is 14.0. The number of carbonyl (C=O) groups is 1. The van der Waals surface area contributed by atoms with Gasteiger partial charge in [-0.3, -0.25) is 4.79 Å². The van der Waals surface area contributed by atoms with Gasteiger partial charge in [-0.05, 0) is 19.8 Å². The smallest absolute Gasteiger partial charge is 0.305 e. The van der Waals surface area contributed by atoms with Gasteiger partial charge in [0.2, 0.25) is 0 Å². The quantitative estimate of drug-likeness (QED) is 0.285.